The molecule has 0 aliphatic rings. The van der Waals surface area contributed by atoms with Gasteiger partial charge in [0, 0.05) is 0 Å². The molecule has 0 N–H and O–H groups in total. The maximum absolute atomic E-state index is 14.4. The van der Waals surface area contributed by atoms with Gasteiger partial charge in [-0.15, -0.1) is 0 Å². The maximum atomic E-state index is 14.4. The fourth-order valence-electron chi connectivity index (χ4n) is 2.79. The smallest absolute Gasteiger partial charge is 0.129 e. The Kier molecular flexibility index (Phi) is 4.76. The standard InChI is InChI=1S/C19H22F2/c1-5-17-12(2)6-9-16(19(17)21)11-10-15-8-7-13(3)18(20)14(15)4/h6-9H,5,10-11H2,1-4H3. The van der Waals surface area contributed by atoms with Crippen LogP contribution in [0.5, 0.6) is 0 Å². The van der Waals surface area contributed by atoms with Crippen LogP contribution in [0.15, 0.2) is 24.3 Å². The zero-order valence-corrected chi connectivity index (χ0v) is 13.2. The van der Waals surface area contributed by atoms with E-state index in [2.05, 4.69) is 0 Å². The number of halogens is 2. The zero-order valence-electron chi connectivity index (χ0n) is 13.2. The summed E-state index contributed by atoms with van der Waals surface area (Å²) in [4.78, 5) is 0. The maximum Gasteiger partial charge on any atom is 0.129 e. The van der Waals surface area contributed by atoms with E-state index in [1.807, 2.05) is 32.0 Å². The average Bonchev–Trinajstić information content (AvgIpc) is 2.46. The van der Waals surface area contributed by atoms with Crippen LogP contribution < -0.4 is 0 Å². The van der Waals surface area contributed by atoms with Gasteiger partial charge in [-0.05, 0) is 73.4 Å². The van der Waals surface area contributed by atoms with Crippen molar-refractivity contribution in [2.24, 2.45) is 0 Å². The lowest BCUT2D eigenvalue weighted by Crippen LogP contribution is -2.03. The van der Waals surface area contributed by atoms with Gasteiger partial charge in [0.2, 0.25) is 0 Å². The Hall–Kier alpha value is -1.70. The second kappa shape index (κ2) is 6.38. The molecule has 2 aromatic carbocycles. The van der Waals surface area contributed by atoms with E-state index in [0.717, 1.165) is 22.3 Å². The van der Waals surface area contributed by atoms with Crippen LogP contribution in [-0.2, 0) is 19.3 Å². The Bertz CT molecular complexity index is 657. The number of hydrogen-bond donors (Lipinski definition) is 0. The summed E-state index contributed by atoms with van der Waals surface area (Å²) >= 11 is 0. The lowest BCUT2D eigenvalue weighted by molar-refractivity contribution is 0.590. The summed E-state index contributed by atoms with van der Waals surface area (Å²) in [6, 6.07) is 7.56. The van der Waals surface area contributed by atoms with Crippen molar-refractivity contribution in [2.45, 2.75) is 47.0 Å². The molecule has 2 heteroatoms. The van der Waals surface area contributed by atoms with Gasteiger partial charge in [-0.3, -0.25) is 0 Å². The molecule has 0 heterocycles. The third kappa shape index (κ3) is 3.15. The van der Waals surface area contributed by atoms with Gasteiger partial charge in [-0.1, -0.05) is 31.2 Å². The first-order valence-electron chi connectivity index (χ1n) is 7.47. The van der Waals surface area contributed by atoms with Crippen LogP contribution in [0.1, 0.15) is 40.3 Å². The molecule has 2 aromatic rings. The van der Waals surface area contributed by atoms with Crippen LogP contribution in [0.4, 0.5) is 8.78 Å². The van der Waals surface area contributed by atoms with Crippen molar-refractivity contribution < 1.29 is 8.78 Å². The molecule has 0 nitrogen and oxygen atoms in total. The summed E-state index contributed by atoms with van der Waals surface area (Å²) in [5, 5.41) is 0. The predicted molar refractivity (Wildman–Crippen MR) is 83.8 cm³/mol. The molecule has 0 spiro atoms. The molecule has 0 saturated carbocycles. The molecule has 21 heavy (non-hydrogen) atoms. The highest BCUT2D eigenvalue weighted by Gasteiger charge is 2.11. The predicted octanol–water partition coefficient (Wildman–Crippen LogP) is 5.24. The number of aryl methyl sites for hydroxylation is 4. The van der Waals surface area contributed by atoms with Gasteiger partial charge in [-0.2, -0.15) is 0 Å². The lowest BCUT2D eigenvalue weighted by Gasteiger charge is -2.12. The van der Waals surface area contributed by atoms with Gasteiger partial charge in [0.05, 0.1) is 0 Å². The minimum Gasteiger partial charge on any atom is -0.206 e. The molecule has 0 saturated heterocycles. The first-order valence-corrected chi connectivity index (χ1v) is 7.47. The van der Waals surface area contributed by atoms with E-state index < -0.39 is 0 Å². The Morgan fingerprint density at radius 3 is 2.00 bits per heavy atom. The van der Waals surface area contributed by atoms with Crippen molar-refractivity contribution in [2.75, 3.05) is 0 Å². The number of benzene rings is 2. The molecule has 0 unspecified atom stereocenters. The van der Waals surface area contributed by atoms with Gasteiger partial charge in [-0.25, -0.2) is 8.78 Å². The van der Waals surface area contributed by atoms with Crippen LogP contribution >= 0.6 is 0 Å². The highest BCUT2D eigenvalue weighted by Crippen LogP contribution is 2.22. The monoisotopic (exact) mass is 288 g/mol. The first-order chi connectivity index (χ1) is 9.95. The number of hydrogen-bond acceptors (Lipinski definition) is 0. The minimum absolute atomic E-state index is 0.0947. The van der Waals surface area contributed by atoms with Crippen LogP contribution in [-0.4, -0.2) is 0 Å². The van der Waals surface area contributed by atoms with Crippen molar-refractivity contribution in [3.05, 3.63) is 69.3 Å². The Morgan fingerprint density at radius 2 is 1.33 bits per heavy atom. The van der Waals surface area contributed by atoms with E-state index in [4.69, 9.17) is 0 Å². The molecule has 0 amide bonds. The van der Waals surface area contributed by atoms with E-state index in [0.29, 0.717) is 30.4 Å². The summed E-state index contributed by atoms with van der Waals surface area (Å²) in [6.45, 7) is 7.46. The van der Waals surface area contributed by atoms with Crippen LogP contribution in [0.25, 0.3) is 0 Å². The molecule has 112 valence electrons. The molecule has 2 rings (SSSR count). The fourth-order valence-corrected chi connectivity index (χ4v) is 2.79. The lowest BCUT2D eigenvalue weighted by atomic mass is 9.95. The Labute approximate surface area is 125 Å². The van der Waals surface area contributed by atoms with E-state index >= 15 is 0 Å². The Morgan fingerprint density at radius 1 is 0.762 bits per heavy atom. The zero-order chi connectivity index (χ0) is 15.6. The average molecular weight is 288 g/mol. The van der Waals surface area contributed by atoms with Crippen molar-refractivity contribution in [3.8, 4) is 0 Å². The van der Waals surface area contributed by atoms with E-state index in [-0.39, 0.29) is 11.6 Å². The molecule has 0 radical (unpaired) electrons. The van der Waals surface area contributed by atoms with Crippen LogP contribution in [0, 0.1) is 32.4 Å². The summed E-state index contributed by atoms with van der Waals surface area (Å²) < 4.78 is 28.3. The van der Waals surface area contributed by atoms with E-state index in [9.17, 15) is 8.78 Å². The van der Waals surface area contributed by atoms with Gasteiger partial charge in [0.15, 0.2) is 0 Å². The second-order valence-corrected chi connectivity index (χ2v) is 5.67. The molecule has 0 fully saturated rings. The summed E-state index contributed by atoms with van der Waals surface area (Å²) in [6.07, 6.45) is 1.96. The molecular weight excluding hydrogens is 266 g/mol. The second-order valence-electron chi connectivity index (χ2n) is 5.67. The van der Waals surface area contributed by atoms with E-state index in [1.165, 1.54) is 0 Å². The third-order valence-corrected chi connectivity index (χ3v) is 4.27. The van der Waals surface area contributed by atoms with Crippen molar-refractivity contribution in [1.29, 1.82) is 0 Å². The van der Waals surface area contributed by atoms with Gasteiger partial charge in [0.1, 0.15) is 11.6 Å². The van der Waals surface area contributed by atoms with Crippen molar-refractivity contribution in [1.82, 2.24) is 0 Å². The van der Waals surface area contributed by atoms with Crippen LogP contribution in [0.2, 0.25) is 0 Å². The quantitative estimate of drug-likeness (QED) is 0.722. The number of rotatable bonds is 4. The summed E-state index contributed by atoms with van der Waals surface area (Å²) in [7, 11) is 0. The first kappa shape index (κ1) is 15.7. The normalized spacial score (nSPS) is 11.0. The van der Waals surface area contributed by atoms with Crippen molar-refractivity contribution in [3.63, 3.8) is 0 Å². The highest BCUT2D eigenvalue weighted by atomic mass is 19.1. The fraction of sp³-hybridized carbons (Fsp3) is 0.368. The third-order valence-electron chi connectivity index (χ3n) is 4.27. The van der Waals surface area contributed by atoms with E-state index in [1.54, 1.807) is 19.9 Å². The molecule has 0 aliphatic heterocycles. The van der Waals surface area contributed by atoms with Gasteiger partial charge < -0.3 is 0 Å². The minimum atomic E-state index is -0.147. The van der Waals surface area contributed by atoms with Crippen molar-refractivity contribution >= 4 is 0 Å². The molecule has 0 aliphatic carbocycles. The topological polar surface area (TPSA) is 0 Å². The van der Waals surface area contributed by atoms with Crippen LogP contribution in [0.3, 0.4) is 0 Å². The van der Waals surface area contributed by atoms with Gasteiger partial charge in [0.25, 0.3) is 0 Å². The molecule has 0 bridgehead atoms. The highest BCUT2D eigenvalue weighted by molar-refractivity contribution is 5.36. The summed E-state index contributed by atoms with van der Waals surface area (Å²) in [5.74, 6) is -0.242. The Balaban J connectivity index is 2.23. The molecular formula is C19H22F2. The molecule has 0 atom stereocenters. The van der Waals surface area contributed by atoms with Gasteiger partial charge >= 0.3 is 0 Å². The SMILES string of the molecule is CCc1c(C)ccc(CCc2ccc(C)c(F)c2C)c1F. The summed E-state index contributed by atoms with van der Waals surface area (Å²) in [5.41, 5.74) is 4.80. The molecule has 0 aromatic heterocycles. The largest absolute Gasteiger partial charge is 0.206 e.